The van der Waals surface area contributed by atoms with E-state index in [1.54, 1.807) is 0 Å². The summed E-state index contributed by atoms with van der Waals surface area (Å²) in [5.74, 6) is 3.65. The van der Waals surface area contributed by atoms with Gasteiger partial charge in [0.25, 0.3) is 0 Å². The molecule has 5 nitrogen and oxygen atoms in total. The monoisotopic (exact) mass is 559 g/mol. The van der Waals surface area contributed by atoms with Crippen LogP contribution in [0.5, 0.6) is 0 Å². The predicted octanol–water partition coefficient (Wildman–Crippen LogP) is 3.96. The number of nitrogens with zero attached hydrogens (tertiary/aromatic N) is 4. The molecule has 0 radical (unpaired) electrons. The van der Waals surface area contributed by atoms with Crippen LogP contribution in [0.4, 0.5) is 0 Å². The molecule has 2 saturated heterocycles. The lowest BCUT2D eigenvalue weighted by molar-refractivity contribution is 0.125. The molecule has 1 aromatic carbocycles. The lowest BCUT2D eigenvalue weighted by Gasteiger charge is -2.35. The van der Waals surface area contributed by atoms with Gasteiger partial charge in [-0.2, -0.15) is 0 Å². The normalized spacial score (nSPS) is 21.7. The molecule has 0 aliphatic carbocycles. The highest BCUT2D eigenvalue weighted by Gasteiger charge is 2.25. The van der Waals surface area contributed by atoms with Crippen molar-refractivity contribution in [1.29, 1.82) is 0 Å². The van der Waals surface area contributed by atoms with E-state index in [1.165, 1.54) is 49.8 Å². The molecule has 2 unspecified atom stereocenters. The van der Waals surface area contributed by atoms with Crippen LogP contribution in [0.25, 0.3) is 0 Å². The molecular formula is C24H42IN5S. The van der Waals surface area contributed by atoms with Crippen molar-refractivity contribution < 1.29 is 0 Å². The first-order chi connectivity index (χ1) is 14.7. The minimum Gasteiger partial charge on any atom is -0.357 e. The third-order valence-corrected chi connectivity index (χ3v) is 7.43. The molecular weight excluding hydrogens is 517 g/mol. The highest BCUT2D eigenvalue weighted by molar-refractivity contribution is 14.0. The summed E-state index contributed by atoms with van der Waals surface area (Å²) in [4.78, 5) is 14.1. The number of rotatable bonds is 9. The number of hydrogen-bond acceptors (Lipinski definition) is 4. The largest absolute Gasteiger partial charge is 0.357 e. The van der Waals surface area contributed by atoms with E-state index >= 15 is 0 Å². The molecule has 1 aromatic rings. The third kappa shape index (κ3) is 9.10. The lowest BCUT2D eigenvalue weighted by Crippen LogP contribution is -2.47. The third-order valence-electron chi connectivity index (χ3n) is 6.18. The van der Waals surface area contributed by atoms with Gasteiger partial charge in [-0.25, -0.2) is 0 Å². The molecule has 2 atom stereocenters. The van der Waals surface area contributed by atoms with Crippen molar-refractivity contribution in [2.75, 3.05) is 71.2 Å². The molecule has 7 heteroatoms. The van der Waals surface area contributed by atoms with E-state index in [-0.39, 0.29) is 24.0 Å². The number of benzene rings is 1. The number of guanidine groups is 1. The molecule has 2 heterocycles. The highest BCUT2D eigenvalue weighted by Crippen LogP contribution is 2.26. The van der Waals surface area contributed by atoms with E-state index in [4.69, 9.17) is 4.99 Å². The summed E-state index contributed by atoms with van der Waals surface area (Å²) in [6.07, 6.45) is 1.27. The van der Waals surface area contributed by atoms with E-state index in [0.717, 1.165) is 44.6 Å². The second kappa shape index (κ2) is 14.6. The molecule has 176 valence electrons. The first-order valence-corrected chi connectivity index (χ1v) is 12.8. The summed E-state index contributed by atoms with van der Waals surface area (Å²) in [6, 6.07) is 10.8. The molecule has 0 bridgehead atoms. The zero-order chi connectivity index (χ0) is 21.2. The van der Waals surface area contributed by atoms with Gasteiger partial charge in [0.2, 0.25) is 0 Å². The second-order valence-electron chi connectivity index (χ2n) is 8.76. The van der Waals surface area contributed by atoms with Crippen molar-refractivity contribution in [2.45, 2.75) is 32.1 Å². The molecule has 2 aliphatic heterocycles. The number of hydrogen-bond donors (Lipinski definition) is 1. The Morgan fingerprint density at radius 3 is 2.48 bits per heavy atom. The Hall–Kier alpha value is -0.510. The number of aliphatic imine (C=N–C) groups is 1. The van der Waals surface area contributed by atoms with Gasteiger partial charge >= 0.3 is 0 Å². The van der Waals surface area contributed by atoms with E-state index in [1.807, 2.05) is 11.8 Å². The Morgan fingerprint density at radius 2 is 1.81 bits per heavy atom. The minimum atomic E-state index is 0. The highest BCUT2D eigenvalue weighted by atomic mass is 127. The van der Waals surface area contributed by atoms with E-state index < -0.39 is 0 Å². The molecule has 2 aliphatic rings. The van der Waals surface area contributed by atoms with Gasteiger partial charge in [0.05, 0.1) is 0 Å². The first-order valence-electron chi connectivity index (χ1n) is 11.8. The van der Waals surface area contributed by atoms with Crippen molar-refractivity contribution in [2.24, 2.45) is 16.8 Å². The minimum absolute atomic E-state index is 0. The van der Waals surface area contributed by atoms with Gasteiger partial charge in [-0.3, -0.25) is 4.99 Å². The average molecular weight is 560 g/mol. The maximum Gasteiger partial charge on any atom is 0.193 e. The molecule has 31 heavy (non-hydrogen) atoms. The van der Waals surface area contributed by atoms with Crippen molar-refractivity contribution in [1.82, 2.24) is 20.0 Å². The Morgan fingerprint density at radius 1 is 1.10 bits per heavy atom. The number of likely N-dealkylation sites (tertiary alicyclic amines) is 1. The van der Waals surface area contributed by atoms with Gasteiger partial charge in [-0.15, -0.1) is 35.7 Å². The van der Waals surface area contributed by atoms with Crippen molar-refractivity contribution in [3.63, 3.8) is 0 Å². The topological polar surface area (TPSA) is 34.1 Å². The SMILES string of the molecule is CCNC(=NCC(C)CN1CCN(CC)CC1)N1CCC(CSc2ccccc2)C1.I. The van der Waals surface area contributed by atoms with Crippen LogP contribution in [-0.4, -0.2) is 91.9 Å². The maximum absolute atomic E-state index is 5.03. The first kappa shape index (κ1) is 26.7. The Bertz CT molecular complexity index is 636. The van der Waals surface area contributed by atoms with Crippen LogP contribution in [0.3, 0.4) is 0 Å². The van der Waals surface area contributed by atoms with Crippen LogP contribution < -0.4 is 5.32 Å². The zero-order valence-corrected chi connectivity index (χ0v) is 22.8. The summed E-state index contributed by atoms with van der Waals surface area (Å²) in [5.41, 5.74) is 0. The van der Waals surface area contributed by atoms with Gasteiger partial charge in [0, 0.05) is 69.6 Å². The average Bonchev–Trinajstić information content (AvgIpc) is 3.25. The predicted molar refractivity (Wildman–Crippen MR) is 146 cm³/mol. The molecule has 0 saturated carbocycles. The standard InChI is InChI=1S/C24H41N5S.HI/c1-4-25-24(26-17-21(3)18-28-15-13-27(5-2)14-16-28)29-12-11-22(19-29)20-30-23-9-7-6-8-10-23;/h6-10,21-22H,4-5,11-20H2,1-3H3,(H,25,26);1H. The summed E-state index contributed by atoms with van der Waals surface area (Å²) >= 11 is 1.99. The van der Waals surface area contributed by atoms with Crippen LogP contribution >= 0.6 is 35.7 Å². The number of likely N-dealkylation sites (N-methyl/N-ethyl adjacent to an activating group) is 1. The summed E-state index contributed by atoms with van der Waals surface area (Å²) < 4.78 is 0. The fourth-order valence-electron chi connectivity index (χ4n) is 4.35. The van der Waals surface area contributed by atoms with Gasteiger partial charge in [-0.1, -0.05) is 32.0 Å². The Balaban J connectivity index is 0.00000341. The quantitative estimate of drug-likeness (QED) is 0.215. The second-order valence-corrected chi connectivity index (χ2v) is 9.85. The fourth-order valence-corrected chi connectivity index (χ4v) is 5.40. The summed E-state index contributed by atoms with van der Waals surface area (Å²) in [7, 11) is 0. The molecule has 3 rings (SSSR count). The van der Waals surface area contributed by atoms with Crippen molar-refractivity contribution in [3.05, 3.63) is 30.3 Å². The smallest absolute Gasteiger partial charge is 0.193 e. The van der Waals surface area contributed by atoms with E-state index in [0.29, 0.717) is 5.92 Å². The van der Waals surface area contributed by atoms with Crippen LogP contribution in [0.2, 0.25) is 0 Å². The molecule has 0 spiro atoms. The summed E-state index contributed by atoms with van der Waals surface area (Å²) in [6.45, 7) is 18.1. The van der Waals surface area contributed by atoms with Gasteiger partial charge < -0.3 is 20.0 Å². The lowest BCUT2D eigenvalue weighted by atomic mass is 10.1. The van der Waals surface area contributed by atoms with E-state index in [9.17, 15) is 0 Å². The molecule has 0 amide bonds. The molecule has 2 fully saturated rings. The fraction of sp³-hybridized carbons (Fsp3) is 0.708. The van der Waals surface area contributed by atoms with Crippen molar-refractivity contribution in [3.8, 4) is 0 Å². The maximum atomic E-state index is 5.03. The van der Waals surface area contributed by atoms with Gasteiger partial charge in [-0.05, 0) is 43.9 Å². The Labute approximate surface area is 211 Å². The number of piperazine rings is 1. The van der Waals surface area contributed by atoms with Gasteiger partial charge in [0.15, 0.2) is 5.96 Å². The number of halogens is 1. The zero-order valence-electron chi connectivity index (χ0n) is 19.6. The van der Waals surface area contributed by atoms with Crippen molar-refractivity contribution >= 4 is 41.7 Å². The van der Waals surface area contributed by atoms with Crippen LogP contribution in [0, 0.1) is 11.8 Å². The van der Waals surface area contributed by atoms with Gasteiger partial charge in [0.1, 0.15) is 0 Å². The van der Waals surface area contributed by atoms with Crippen LogP contribution in [0.15, 0.2) is 40.2 Å². The van der Waals surface area contributed by atoms with E-state index in [2.05, 4.69) is 71.1 Å². The molecule has 1 N–H and O–H groups in total. The summed E-state index contributed by atoms with van der Waals surface area (Å²) in [5, 5.41) is 3.54. The number of thioether (sulfide) groups is 1. The van der Waals surface area contributed by atoms with Crippen LogP contribution in [-0.2, 0) is 0 Å². The molecule has 0 aromatic heterocycles. The van der Waals surface area contributed by atoms with Crippen LogP contribution in [0.1, 0.15) is 27.2 Å². The Kier molecular flexibility index (Phi) is 12.6. The number of nitrogens with one attached hydrogen (secondary N) is 1.